The van der Waals surface area contributed by atoms with E-state index in [1.165, 1.54) is 17.3 Å². The number of benzene rings is 1. The zero-order chi connectivity index (χ0) is 12.3. The molecule has 3 N–H and O–H groups in total. The lowest BCUT2D eigenvalue weighted by molar-refractivity contribution is -0.116. The van der Waals surface area contributed by atoms with Crippen LogP contribution in [0.25, 0.3) is 0 Å². The SMILES string of the molecule is Cc1c(N)cccc1NC(=O)Cn1cncn1. The molecule has 2 rings (SSSR count). The van der Waals surface area contributed by atoms with Crippen LogP contribution in [-0.4, -0.2) is 20.7 Å². The summed E-state index contributed by atoms with van der Waals surface area (Å²) >= 11 is 0. The molecule has 0 aliphatic carbocycles. The van der Waals surface area contributed by atoms with Gasteiger partial charge in [-0.05, 0) is 24.6 Å². The van der Waals surface area contributed by atoms with Gasteiger partial charge in [0.05, 0.1) is 0 Å². The van der Waals surface area contributed by atoms with Crippen molar-refractivity contribution in [3.8, 4) is 0 Å². The fourth-order valence-electron chi connectivity index (χ4n) is 1.44. The van der Waals surface area contributed by atoms with Crippen molar-refractivity contribution in [1.29, 1.82) is 0 Å². The molecular formula is C11H13N5O. The van der Waals surface area contributed by atoms with E-state index in [-0.39, 0.29) is 12.5 Å². The van der Waals surface area contributed by atoms with Gasteiger partial charge in [0, 0.05) is 11.4 Å². The number of nitrogens with two attached hydrogens (primary N) is 1. The highest BCUT2D eigenvalue weighted by Gasteiger charge is 2.07. The average molecular weight is 231 g/mol. The second kappa shape index (κ2) is 4.65. The van der Waals surface area contributed by atoms with E-state index in [0.717, 1.165) is 11.3 Å². The summed E-state index contributed by atoms with van der Waals surface area (Å²) in [7, 11) is 0. The third kappa shape index (κ3) is 2.60. The Morgan fingerprint density at radius 3 is 3.06 bits per heavy atom. The maximum Gasteiger partial charge on any atom is 0.246 e. The van der Waals surface area contributed by atoms with Crippen LogP contribution in [0.5, 0.6) is 0 Å². The van der Waals surface area contributed by atoms with Crippen LogP contribution in [0.3, 0.4) is 0 Å². The predicted molar refractivity (Wildman–Crippen MR) is 64.2 cm³/mol. The molecule has 0 atom stereocenters. The van der Waals surface area contributed by atoms with Crippen molar-refractivity contribution >= 4 is 17.3 Å². The first-order chi connectivity index (χ1) is 8.16. The fourth-order valence-corrected chi connectivity index (χ4v) is 1.44. The van der Waals surface area contributed by atoms with Gasteiger partial charge in [0.1, 0.15) is 19.2 Å². The molecule has 2 aromatic rings. The summed E-state index contributed by atoms with van der Waals surface area (Å²) in [6.07, 6.45) is 2.88. The maximum atomic E-state index is 11.7. The van der Waals surface area contributed by atoms with Crippen LogP contribution in [0.1, 0.15) is 5.56 Å². The van der Waals surface area contributed by atoms with Gasteiger partial charge in [-0.3, -0.25) is 4.79 Å². The highest BCUT2D eigenvalue weighted by Crippen LogP contribution is 2.20. The highest BCUT2D eigenvalue weighted by molar-refractivity contribution is 5.92. The Bertz CT molecular complexity index is 521. The van der Waals surface area contributed by atoms with E-state index in [1.807, 2.05) is 13.0 Å². The molecule has 17 heavy (non-hydrogen) atoms. The number of nitrogen functional groups attached to an aromatic ring is 1. The summed E-state index contributed by atoms with van der Waals surface area (Å²) in [6.45, 7) is 1.99. The van der Waals surface area contributed by atoms with Gasteiger partial charge in [0.25, 0.3) is 0 Å². The fraction of sp³-hybridized carbons (Fsp3) is 0.182. The molecule has 0 bridgehead atoms. The number of amides is 1. The molecule has 1 aromatic heterocycles. The first-order valence-corrected chi connectivity index (χ1v) is 5.14. The van der Waals surface area contributed by atoms with Gasteiger partial charge in [-0.25, -0.2) is 9.67 Å². The average Bonchev–Trinajstić information content (AvgIpc) is 2.77. The van der Waals surface area contributed by atoms with Crippen molar-refractivity contribution in [3.63, 3.8) is 0 Å². The number of carbonyl (C=O) groups is 1. The molecule has 0 aliphatic heterocycles. The molecule has 6 nitrogen and oxygen atoms in total. The number of hydrogen-bond donors (Lipinski definition) is 2. The van der Waals surface area contributed by atoms with Crippen LogP contribution in [-0.2, 0) is 11.3 Å². The minimum Gasteiger partial charge on any atom is -0.398 e. The highest BCUT2D eigenvalue weighted by atomic mass is 16.2. The van der Waals surface area contributed by atoms with E-state index in [9.17, 15) is 4.79 Å². The Morgan fingerprint density at radius 2 is 2.35 bits per heavy atom. The number of rotatable bonds is 3. The summed E-state index contributed by atoms with van der Waals surface area (Å²) in [5.41, 5.74) is 7.99. The molecule has 1 amide bonds. The molecule has 0 unspecified atom stereocenters. The Hall–Kier alpha value is -2.37. The van der Waals surface area contributed by atoms with Gasteiger partial charge >= 0.3 is 0 Å². The van der Waals surface area contributed by atoms with Crippen molar-refractivity contribution < 1.29 is 4.79 Å². The van der Waals surface area contributed by atoms with E-state index in [1.54, 1.807) is 12.1 Å². The third-order valence-corrected chi connectivity index (χ3v) is 2.42. The molecule has 6 heteroatoms. The summed E-state index contributed by atoms with van der Waals surface area (Å²) in [6, 6.07) is 5.40. The number of nitrogens with one attached hydrogen (secondary N) is 1. The van der Waals surface area contributed by atoms with Crippen LogP contribution >= 0.6 is 0 Å². The molecule has 0 saturated carbocycles. The number of carbonyl (C=O) groups excluding carboxylic acids is 1. The zero-order valence-electron chi connectivity index (χ0n) is 9.42. The van der Waals surface area contributed by atoms with E-state index < -0.39 is 0 Å². The maximum absolute atomic E-state index is 11.7. The second-order valence-corrected chi connectivity index (χ2v) is 3.66. The van der Waals surface area contributed by atoms with Gasteiger partial charge in [0.15, 0.2) is 0 Å². The molecule has 0 saturated heterocycles. The van der Waals surface area contributed by atoms with E-state index in [4.69, 9.17) is 5.73 Å². The first kappa shape index (κ1) is 11.1. The lowest BCUT2D eigenvalue weighted by Gasteiger charge is -2.09. The molecule has 1 aromatic carbocycles. The molecule has 0 radical (unpaired) electrons. The van der Waals surface area contributed by atoms with Gasteiger partial charge < -0.3 is 11.1 Å². The molecule has 88 valence electrons. The van der Waals surface area contributed by atoms with Crippen LogP contribution in [0.2, 0.25) is 0 Å². The Kier molecular flexibility index (Phi) is 3.04. The molecule has 0 aliphatic rings. The lowest BCUT2D eigenvalue weighted by Crippen LogP contribution is -2.19. The quantitative estimate of drug-likeness (QED) is 0.765. The number of aromatic nitrogens is 3. The van der Waals surface area contributed by atoms with Crippen LogP contribution in [0.15, 0.2) is 30.9 Å². The smallest absolute Gasteiger partial charge is 0.246 e. The second-order valence-electron chi connectivity index (χ2n) is 3.66. The van der Waals surface area contributed by atoms with Crippen LogP contribution in [0, 0.1) is 6.92 Å². The van der Waals surface area contributed by atoms with Crippen molar-refractivity contribution in [2.45, 2.75) is 13.5 Å². The minimum absolute atomic E-state index is 0.133. The summed E-state index contributed by atoms with van der Waals surface area (Å²) < 4.78 is 1.46. The Morgan fingerprint density at radius 1 is 1.53 bits per heavy atom. The number of anilines is 2. The monoisotopic (exact) mass is 231 g/mol. The number of nitrogens with zero attached hydrogens (tertiary/aromatic N) is 3. The van der Waals surface area contributed by atoms with Crippen molar-refractivity contribution in [2.75, 3.05) is 11.1 Å². The normalized spacial score (nSPS) is 10.2. The Labute approximate surface area is 98.5 Å². The zero-order valence-corrected chi connectivity index (χ0v) is 9.42. The van der Waals surface area contributed by atoms with Gasteiger partial charge in [-0.2, -0.15) is 5.10 Å². The summed E-state index contributed by atoms with van der Waals surface area (Å²) in [5.74, 6) is -0.163. The summed E-state index contributed by atoms with van der Waals surface area (Å²) in [5, 5.41) is 6.64. The third-order valence-electron chi connectivity index (χ3n) is 2.42. The van der Waals surface area contributed by atoms with Gasteiger partial charge in [-0.15, -0.1) is 0 Å². The van der Waals surface area contributed by atoms with Gasteiger partial charge in [0.2, 0.25) is 5.91 Å². The summed E-state index contributed by atoms with van der Waals surface area (Å²) in [4.78, 5) is 15.5. The topological polar surface area (TPSA) is 85.8 Å². The predicted octanol–water partition coefficient (Wildman–Crippen LogP) is 0.807. The van der Waals surface area contributed by atoms with Crippen molar-refractivity contribution in [2.24, 2.45) is 0 Å². The van der Waals surface area contributed by atoms with E-state index in [0.29, 0.717) is 5.69 Å². The lowest BCUT2D eigenvalue weighted by atomic mass is 10.1. The van der Waals surface area contributed by atoms with E-state index >= 15 is 0 Å². The van der Waals surface area contributed by atoms with Crippen molar-refractivity contribution in [1.82, 2.24) is 14.8 Å². The van der Waals surface area contributed by atoms with Crippen LogP contribution in [0.4, 0.5) is 11.4 Å². The van der Waals surface area contributed by atoms with Gasteiger partial charge in [-0.1, -0.05) is 6.07 Å². The molecule has 0 fully saturated rings. The number of hydrogen-bond acceptors (Lipinski definition) is 4. The molecular weight excluding hydrogens is 218 g/mol. The minimum atomic E-state index is -0.163. The Balaban J connectivity index is 2.06. The van der Waals surface area contributed by atoms with E-state index in [2.05, 4.69) is 15.4 Å². The standard InChI is InChI=1S/C11H13N5O/c1-8-9(12)3-2-4-10(8)15-11(17)5-16-7-13-6-14-16/h2-4,6-7H,5,12H2,1H3,(H,15,17). The van der Waals surface area contributed by atoms with Crippen molar-refractivity contribution in [3.05, 3.63) is 36.4 Å². The first-order valence-electron chi connectivity index (χ1n) is 5.14. The molecule has 0 spiro atoms. The van der Waals surface area contributed by atoms with Crippen LogP contribution < -0.4 is 11.1 Å². The molecule has 1 heterocycles. The largest absolute Gasteiger partial charge is 0.398 e.